The number of hydrogen-bond acceptors (Lipinski definition) is 5. The summed E-state index contributed by atoms with van der Waals surface area (Å²) in [5.41, 5.74) is -0.302. The first kappa shape index (κ1) is 20.2. The predicted octanol–water partition coefficient (Wildman–Crippen LogP) is 4.51. The number of rotatable bonds is 4. The van der Waals surface area contributed by atoms with Crippen molar-refractivity contribution in [2.45, 2.75) is 25.4 Å². The number of alkyl halides is 3. The number of halogens is 4. The van der Waals surface area contributed by atoms with E-state index >= 15 is 0 Å². The van der Waals surface area contributed by atoms with Crippen molar-refractivity contribution < 1.29 is 17.9 Å². The van der Waals surface area contributed by atoms with Gasteiger partial charge in [-0.05, 0) is 31.4 Å². The van der Waals surface area contributed by atoms with Crippen molar-refractivity contribution in [3.05, 3.63) is 47.0 Å². The van der Waals surface area contributed by atoms with E-state index in [-0.39, 0.29) is 0 Å². The molecule has 28 heavy (non-hydrogen) atoms. The van der Waals surface area contributed by atoms with E-state index in [1.54, 1.807) is 25.6 Å². The number of methoxy groups -OCH3 is 1. The van der Waals surface area contributed by atoms with E-state index in [1.165, 1.54) is 12.3 Å². The molecule has 0 saturated carbocycles. The highest BCUT2D eigenvalue weighted by atomic mass is 35.5. The Bertz CT molecular complexity index is 889. The van der Waals surface area contributed by atoms with Gasteiger partial charge in [-0.1, -0.05) is 11.6 Å². The maximum atomic E-state index is 12.8. The van der Waals surface area contributed by atoms with E-state index in [2.05, 4.69) is 16.0 Å². The van der Waals surface area contributed by atoms with Crippen LogP contribution in [-0.2, 0) is 12.6 Å². The summed E-state index contributed by atoms with van der Waals surface area (Å²) in [7, 11) is 1.57. The molecule has 0 atom stereocenters. The predicted molar refractivity (Wildman–Crippen MR) is 98.2 cm³/mol. The van der Waals surface area contributed by atoms with E-state index < -0.39 is 22.3 Å². The molecule has 148 valence electrons. The third-order valence-corrected chi connectivity index (χ3v) is 5.31. The molecule has 3 heterocycles. The monoisotopic (exact) mass is 410 g/mol. The second-order valence-corrected chi connectivity index (χ2v) is 7.17. The number of nitrogens with zero attached hydrogens (tertiary/aromatic N) is 4. The summed E-state index contributed by atoms with van der Waals surface area (Å²) in [4.78, 5) is 9.49. The summed E-state index contributed by atoms with van der Waals surface area (Å²) in [6.07, 6.45) is 1.53. The first-order valence-corrected chi connectivity index (χ1v) is 9.02. The average molecular weight is 411 g/mol. The zero-order valence-electron chi connectivity index (χ0n) is 15.1. The summed E-state index contributed by atoms with van der Waals surface area (Å²) in [6, 6.07) is 5.46. The lowest BCUT2D eigenvalue weighted by Crippen LogP contribution is -2.40. The van der Waals surface area contributed by atoms with Crippen LogP contribution >= 0.6 is 11.6 Å². The lowest BCUT2D eigenvalue weighted by atomic mass is 9.75. The van der Waals surface area contributed by atoms with Gasteiger partial charge in [-0.25, -0.2) is 4.98 Å². The van der Waals surface area contributed by atoms with Crippen LogP contribution in [0.4, 0.5) is 18.9 Å². The van der Waals surface area contributed by atoms with Crippen molar-refractivity contribution in [2.75, 3.05) is 25.1 Å². The van der Waals surface area contributed by atoms with Crippen LogP contribution in [0.25, 0.3) is 0 Å². The fourth-order valence-electron chi connectivity index (χ4n) is 3.44. The molecule has 1 saturated heterocycles. The third kappa shape index (κ3) is 4.14. The zero-order valence-corrected chi connectivity index (χ0v) is 15.9. The van der Waals surface area contributed by atoms with Gasteiger partial charge in [0.2, 0.25) is 0 Å². The van der Waals surface area contributed by atoms with Crippen LogP contribution in [0.1, 0.15) is 24.1 Å². The van der Waals surface area contributed by atoms with E-state index in [0.717, 1.165) is 5.56 Å². The number of anilines is 1. The standard InChI is InChI=1S/C19H18ClF3N4O/c1-28-16-2-5-25-10-13(16)9-18(12-24)3-6-27(7-4-18)14-8-15(20)17(26-11-14)19(21,22)23/h2,5,8,10-11H,3-4,6-7,9H2,1H3. The Labute approximate surface area is 165 Å². The Kier molecular flexibility index (Phi) is 5.66. The molecule has 0 N–H and O–H groups in total. The zero-order chi connectivity index (χ0) is 20.4. The number of piperidine rings is 1. The van der Waals surface area contributed by atoms with Gasteiger partial charge in [0.1, 0.15) is 5.75 Å². The van der Waals surface area contributed by atoms with Gasteiger partial charge in [0.05, 0.1) is 35.5 Å². The lowest BCUT2D eigenvalue weighted by Gasteiger charge is -2.38. The fraction of sp³-hybridized carbons (Fsp3) is 0.421. The quantitative estimate of drug-likeness (QED) is 0.742. The molecule has 3 rings (SSSR count). The Balaban J connectivity index is 1.74. The van der Waals surface area contributed by atoms with E-state index in [0.29, 0.717) is 43.8 Å². The molecule has 0 unspecified atom stereocenters. The van der Waals surface area contributed by atoms with Crippen molar-refractivity contribution in [3.63, 3.8) is 0 Å². The summed E-state index contributed by atoms with van der Waals surface area (Å²) in [6.45, 7) is 1.03. The molecule has 9 heteroatoms. The largest absolute Gasteiger partial charge is 0.496 e. The first-order valence-electron chi connectivity index (χ1n) is 8.64. The first-order chi connectivity index (χ1) is 13.3. The molecule has 5 nitrogen and oxygen atoms in total. The van der Waals surface area contributed by atoms with Crippen LogP contribution in [0.2, 0.25) is 5.02 Å². The Morgan fingerprint density at radius 1 is 1.32 bits per heavy atom. The highest BCUT2D eigenvalue weighted by Gasteiger charge is 2.38. The summed E-state index contributed by atoms with van der Waals surface area (Å²) in [5.74, 6) is 0.686. The topological polar surface area (TPSA) is 62.0 Å². The molecule has 0 bridgehead atoms. The van der Waals surface area contributed by atoms with Gasteiger partial charge >= 0.3 is 6.18 Å². The normalized spacial score (nSPS) is 16.5. The number of aromatic nitrogens is 2. The molecule has 0 radical (unpaired) electrons. The number of pyridine rings is 2. The third-order valence-electron chi connectivity index (χ3n) is 5.03. The molecule has 0 aromatic carbocycles. The van der Waals surface area contributed by atoms with Crippen molar-refractivity contribution >= 4 is 17.3 Å². The molecule has 1 fully saturated rings. The van der Waals surface area contributed by atoms with Gasteiger partial charge in [-0.15, -0.1) is 0 Å². The van der Waals surface area contributed by atoms with Crippen LogP contribution in [0, 0.1) is 16.7 Å². The van der Waals surface area contributed by atoms with Gasteiger partial charge < -0.3 is 9.64 Å². The van der Waals surface area contributed by atoms with Crippen molar-refractivity contribution in [1.82, 2.24) is 9.97 Å². The van der Waals surface area contributed by atoms with E-state index in [1.807, 2.05) is 4.90 Å². The molecule has 0 amide bonds. The lowest BCUT2D eigenvalue weighted by molar-refractivity contribution is -0.141. The smallest absolute Gasteiger partial charge is 0.434 e. The minimum absolute atomic E-state index is 0.429. The van der Waals surface area contributed by atoms with Gasteiger partial charge in [0, 0.05) is 31.0 Å². The summed E-state index contributed by atoms with van der Waals surface area (Å²) < 4.78 is 43.8. The molecule has 1 aliphatic rings. The molecule has 0 spiro atoms. The minimum Gasteiger partial charge on any atom is -0.496 e. The summed E-state index contributed by atoms with van der Waals surface area (Å²) >= 11 is 5.77. The van der Waals surface area contributed by atoms with Crippen LogP contribution in [0.15, 0.2) is 30.7 Å². The minimum atomic E-state index is -4.59. The van der Waals surface area contributed by atoms with Gasteiger partial charge in [0.15, 0.2) is 5.69 Å². The highest BCUT2D eigenvalue weighted by molar-refractivity contribution is 6.31. The average Bonchev–Trinajstić information content (AvgIpc) is 2.68. The second kappa shape index (κ2) is 7.84. The van der Waals surface area contributed by atoms with Gasteiger partial charge in [-0.3, -0.25) is 4.98 Å². The highest BCUT2D eigenvalue weighted by Crippen LogP contribution is 2.39. The fourth-order valence-corrected chi connectivity index (χ4v) is 3.71. The van der Waals surface area contributed by atoms with Crippen molar-refractivity contribution in [2.24, 2.45) is 5.41 Å². The molecular weight excluding hydrogens is 393 g/mol. The van der Waals surface area contributed by atoms with Crippen LogP contribution in [0.3, 0.4) is 0 Å². The Morgan fingerprint density at radius 2 is 2.04 bits per heavy atom. The second-order valence-electron chi connectivity index (χ2n) is 6.77. The van der Waals surface area contributed by atoms with Crippen LogP contribution in [0.5, 0.6) is 5.75 Å². The van der Waals surface area contributed by atoms with Crippen LogP contribution < -0.4 is 9.64 Å². The van der Waals surface area contributed by atoms with E-state index in [4.69, 9.17) is 16.3 Å². The number of nitriles is 1. The Hall–Kier alpha value is -2.53. The van der Waals surface area contributed by atoms with Crippen molar-refractivity contribution in [3.8, 4) is 11.8 Å². The Morgan fingerprint density at radius 3 is 2.61 bits per heavy atom. The number of ether oxygens (including phenoxy) is 1. The number of hydrogen-bond donors (Lipinski definition) is 0. The maximum absolute atomic E-state index is 12.8. The van der Waals surface area contributed by atoms with Gasteiger partial charge in [-0.2, -0.15) is 18.4 Å². The summed E-state index contributed by atoms with van der Waals surface area (Å²) in [5, 5.41) is 9.38. The molecule has 2 aromatic rings. The SMILES string of the molecule is COc1ccncc1CC1(C#N)CCN(c2cnc(C(F)(F)F)c(Cl)c2)CC1. The van der Waals surface area contributed by atoms with E-state index in [9.17, 15) is 18.4 Å². The molecule has 0 aliphatic carbocycles. The molecule has 2 aromatic heterocycles. The van der Waals surface area contributed by atoms with Gasteiger partial charge in [0.25, 0.3) is 0 Å². The molecular formula is C19H18ClF3N4O. The maximum Gasteiger partial charge on any atom is 0.434 e. The van der Waals surface area contributed by atoms with Crippen molar-refractivity contribution in [1.29, 1.82) is 5.26 Å². The molecule has 1 aliphatic heterocycles. The van der Waals surface area contributed by atoms with Crippen LogP contribution in [-0.4, -0.2) is 30.2 Å².